The molecule has 0 heterocycles. The van der Waals surface area contributed by atoms with E-state index >= 15 is 0 Å². The number of rotatable bonds is 6. The molecule has 0 N–H and O–H groups in total. The van der Waals surface area contributed by atoms with Crippen molar-refractivity contribution in [3.8, 4) is 0 Å². The van der Waals surface area contributed by atoms with Gasteiger partial charge < -0.3 is 9.47 Å². The van der Waals surface area contributed by atoms with E-state index in [4.69, 9.17) is 4.74 Å². The molecule has 0 aliphatic carbocycles. The van der Waals surface area contributed by atoms with E-state index < -0.39 is 5.97 Å². The lowest BCUT2D eigenvalue weighted by Gasteiger charge is -2.00. The summed E-state index contributed by atoms with van der Waals surface area (Å²) >= 11 is 0. The Hall–Kier alpha value is -1.25. The van der Waals surface area contributed by atoms with Crippen LogP contribution in [0.2, 0.25) is 0 Å². The molecule has 0 aromatic carbocycles. The monoisotopic (exact) mass is 156 g/mol. The molecule has 0 fully saturated rings. The molecule has 0 bridgehead atoms. The van der Waals surface area contributed by atoms with Gasteiger partial charge in [-0.25, -0.2) is 4.79 Å². The molecular formula is C8H12O3. The molecule has 0 rings (SSSR count). The van der Waals surface area contributed by atoms with Crippen LogP contribution in [0, 0.1) is 0 Å². The van der Waals surface area contributed by atoms with Crippen LogP contribution in [0.5, 0.6) is 0 Å². The molecule has 0 aliphatic rings. The SMILES string of the molecule is C=COCCCOC(=O)C=C. The van der Waals surface area contributed by atoms with Gasteiger partial charge in [0.05, 0.1) is 19.5 Å². The highest BCUT2D eigenvalue weighted by Gasteiger charge is 1.93. The fourth-order valence-corrected chi connectivity index (χ4v) is 0.457. The van der Waals surface area contributed by atoms with Crippen molar-refractivity contribution in [2.45, 2.75) is 6.42 Å². The summed E-state index contributed by atoms with van der Waals surface area (Å²) < 4.78 is 9.46. The molecule has 62 valence electrons. The van der Waals surface area contributed by atoms with Crippen LogP contribution in [-0.4, -0.2) is 19.2 Å². The van der Waals surface area contributed by atoms with Crippen molar-refractivity contribution in [2.75, 3.05) is 13.2 Å². The van der Waals surface area contributed by atoms with Gasteiger partial charge in [0.15, 0.2) is 0 Å². The van der Waals surface area contributed by atoms with Crippen LogP contribution in [0.3, 0.4) is 0 Å². The van der Waals surface area contributed by atoms with Crippen molar-refractivity contribution < 1.29 is 14.3 Å². The minimum Gasteiger partial charge on any atom is -0.502 e. The molecule has 3 heteroatoms. The number of hydrogen-bond donors (Lipinski definition) is 0. The quantitative estimate of drug-likeness (QED) is 0.251. The van der Waals surface area contributed by atoms with Crippen molar-refractivity contribution in [3.63, 3.8) is 0 Å². The highest BCUT2D eigenvalue weighted by Crippen LogP contribution is 1.86. The van der Waals surface area contributed by atoms with Crippen LogP contribution in [0.15, 0.2) is 25.5 Å². The van der Waals surface area contributed by atoms with E-state index in [1.807, 2.05) is 0 Å². The molecule has 3 nitrogen and oxygen atoms in total. The predicted octanol–water partition coefficient (Wildman–Crippen LogP) is 1.27. The lowest BCUT2D eigenvalue weighted by molar-refractivity contribution is -0.138. The van der Waals surface area contributed by atoms with Gasteiger partial charge in [0.1, 0.15) is 0 Å². The molecular weight excluding hydrogens is 144 g/mol. The van der Waals surface area contributed by atoms with E-state index in [-0.39, 0.29) is 0 Å². The normalized spacial score (nSPS) is 8.36. The zero-order chi connectivity index (χ0) is 8.53. The van der Waals surface area contributed by atoms with Crippen molar-refractivity contribution in [2.24, 2.45) is 0 Å². The smallest absolute Gasteiger partial charge is 0.330 e. The minimum absolute atomic E-state index is 0.360. The molecule has 0 spiro atoms. The van der Waals surface area contributed by atoms with Gasteiger partial charge in [0.2, 0.25) is 0 Å². The second-order valence-corrected chi connectivity index (χ2v) is 1.76. The Kier molecular flexibility index (Phi) is 6.08. The summed E-state index contributed by atoms with van der Waals surface area (Å²) in [5, 5.41) is 0. The first-order chi connectivity index (χ1) is 5.31. The van der Waals surface area contributed by atoms with Crippen LogP contribution in [0.1, 0.15) is 6.42 Å². The fourth-order valence-electron chi connectivity index (χ4n) is 0.457. The van der Waals surface area contributed by atoms with E-state index in [0.29, 0.717) is 19.6 Å². The number of carbonyl (C=O) groups is 1. The molecule has 0 aromatic rings. The largest absolute Gasteiger partial charge is 0.502 e. The Morgan fingerprint density at radius 1 is 1.36 bits per heavy atom. The lowest BCUT2D eigenvalue weighted by Crippen LogP contribution is -2.03. The van der Waals surface area contributed by atoms with Gasteiger partial charge in [-0.1, -0.05) is 13.2 Å². The van der Waals surface area contributed by atoms with Gasteiger partial charge in [0.25, 0.3) is 0 Å². The van der Waals surface area contributed by atoms with Crippen LogP contribution in [-0.2, 0) is 14.3 Å². The summed E-state index contributed by atoms with van der Waals surface area (Å²) in [6.07, 6.45) is 3.16. The van der Waals surface area contributed by atoms with Crippen LogP contribution in [0.4, 0.5) is 0 Å². The van der Waals surface area contributed by atoms with Gasteiger partial charge in [-0.05, 0) is 0 Å². The van der Waals surface area contributed by atoms with Gasteiger partial charge in [-0.15, -0.1) is 0 Å². The number of ether oxygens (including phenoxy) is 2. The average molecular weight is 156 g/mol. The van der Waals surface area contributed by atoms with E-state index in [9.17, 15) is 4.79 Å². The zero-order valence-corrected chi connectivity index (χ0v) is 6.41. The first-order valence-corrected chi connectivity index (χ1v) is 3.33. The maximum Gasteiger partial charge on any atom is 0.330 e. The first-order valence-electron chi connectivity index (χ1n) is 3.33. The molecule has 0 atom stereocenters. The van der Waals surface area contributed by atoms with E-state index in [1.54, 1.807) is 0 Å². The summed E-state index contributed by atoms with van der Waals surface area (Å²) in [6, 6.07) is 0. The van der Waals surface area contributed by atoms with E-state index in [2.05, 4.69) is 17.9 Å². The first kappa shape index (κ1) is 9.75. The molecule has 0 unspecified atom stereocenters. The topological polar surface area (TPSA) is 35.5 Å². The molecule has 0 amide bonds. The predicted molar refractivity (Wildman–Crippen MR) is 41.9 cm³/mol. The fraction of sp³-hybridized carbons (Fsp3) is 0.375. The Morgan fingerprint density at radius 2 is 2.09 bits per heavy atom. The molecule has 0 radical (unpaired) electrons. The van der Waals surface area contributed by atoms with Gasteiger partial charge >= 0.3 is 5.97 Å². The zero-order valence-electron chi connectivity index (χ0n) is 6.41. The van der Waals surface area contributed by atoms with E-state index in [1.165, 1.54) is 6.26 Å². The van der Waals surface area contributed by atoms with Crippen LogP contribution in [0.25, 0.3) is 0 Å². The van der Waals surface area contributed by atoms with Crippen molar-refractivity contribution in [3.05, 3.63) is 25.5 Å². The molecule has 0 saturated carbocycles. The molecule has 0 aromatic heterocycles. The average Bonchev–Trinajstić information content (AvgIpc) is 2.04. The summed E-state index contributed by atoms with van der Waals surface area (Å²) in [7, 11) is 0. The molecule has 11 heavy (non-hydrogen) atoms. The Bertz CT molecular complexity index is 140. The highest BCUT2D eigenvalue weighted by atomic mass is 16.5. The second-order valence-electron chi connectivity index (χ2n) is 1.76. The van der Waals surface area contributed by atoms with Crippen LogP contribution < -0.4 is 0 Å². The molecule has 0 saturated heterocycles. The number of carbonyl (C=O) groups excluding carboxylic acids is 1. The third-order valence-corrected chi connectivity index (χ3v) is 0.935. The molecule has 0 aliphatic heterocycles. The second kappa shape index (κ2) is 6.86. The summed E-state index contributed by atoms with van der Waals surface area (Å²) in [4.78, 5) is 10.4. The van der Waals surface area contributed by atoms with Crippen molar-refractivity contribution in [1.29, 1.82) is 0 Å². The minimum atomic E-state index is -0.399. The number of hydrogen-bond acceptors (Lipinski definition) is 3. The number of esters is 1. The van der Waals surface area contributed by atoms with E-state index in [0.717, 1.165) is 6.08 Å². The summed E-state index contributed by atoms with van der Waals surface area (Å²) in [5.41, 5.74) is 0. The Morgan fingerprint density at radius 3 is 2.64 bits per heavy atom. The van der Waals surface area contributed by atoms with Crippen molar-refractivity contribution >= 4 is 5.97 Å². The van der Waals surface area contributed by atoms with Gasteiger partial charge in [-0.3, -0.25) is 0 Å². The van der Waals surface area contributed by atoms with Crippen LogP contribution >= 0.6 is 0 Å². The maximum absolute atomic E-state index is 10.4. The van der Waals surface area contributed by atoms with Crippen molar-refractivity contribution in [1.82, 2.24) is 0 Å². The lowest BCUT2D eigenvalue weighted by atomic mass is 10.5. The third-order valence-electron chi connectivity index (χ3n) is 0.935. The van der Waals surface area contributed by atoms with Gasteiger partial charge in [-0.2, -0.15) is 0 Å². The highest BCUT2D eigenvalue weighted by molar-refractivity contribution is 5.81. The van der Waals surface area contributed by atoms with Gasteiger partial charge in [0, 0.05) is 12.5 Å². The Balaban J connectivity index is 3.07. The third kappa shape index (κ3) is 6.64. The summed E-state index contributed by atoms with van der Waals surface area (Å²) in [6.45, 7) is 7.50. The maximum atomic E-state index is 10.4. The Labute approximate surface area is 66.3 Å². The standard InChI is InChI=1S/C8H12O3/c1-3-8(9)11-7-5-6-10-4-2/h3-4H,1-2,5-7H2. The summed E-state index contributed by atoms with van der Waals surface area (Å²) in [5.74, 6) is -0.399.